The zero-order valence-electron chi connectivity index (χ0n) is 4.72. The highest BCUT2D eigenvalue weighted by atomic mass is 16.3. The van der Waals surface area contributed by atoms with Gasteiger partial charge in [-0.15, -0.1) is 0 Å². The van der Waals surface area contributed by atoms with Crippen molar-refractivity contribution in [1.82, 2.24) is 0 Å². The molecular formula is C7H14O. The van der Waals surface area contributed by atoms with Gasteiger partial charge in [-0.2, -0.15) is 0 Å². The molecule has 0 aliphatic rings. The van der Waals surface area contributed by atoms with Gasteiger partial charge in [-0.05, 0) is 12.1 Å². The second-order valence-corrected chi connectivity index (χ2v) is 0.793. The lowest BCUT2D eigenvalue weighted by Gasteiger charge is -1.50. The molecule has 0 saturated carbocycles. The van der Waals surface area contributed by atoms with Crippen molar-refractivity contribution in [3.8, 4) is 0 Å². The maximum atomic E-state index is 4.58. The number of furan rings is 1. The summed E-state index contributed by atoms with van der Waals surface area (Å²) in [5.74, 6) is 0. The monoisotopic (exact) mass is 114 g/mol. The Bertz CT molecular complexity index is 60.9. The van der Waals surface area contributed by atoms with Gasteiger partial charge in [0.15, 0.2) is 0 Å². The molecule has 8 heavy (non-hydrogen) atoms. The van der Waals surface area contributed by atoms with Crippen molar-refractivity contribution >= 4 is 0 Å². The summed E-state index contributed by atoms with van der Waals surface area (Å²) < 4.78 is 4.58. The van der Waals surface area contributed by atoms with Gasteiger partial charge in [0.2, 0.25) is 0 Å². The maximum absolute atomic E-state index is 4.58. The van der Waals surface area contributed by atoms with E-state index in [1.807, 2.05) is 26.0 Å². The normalized spacial score (nSPS) is 5.75. The molecule has 1 nitrogen and oxygen atoms in total. The highest BCUT2D eigenvalue weighted by Gasteiger charge is 1.58. The first-order valence-corrected chi connectivity index (χ1v) is 2.47. The summed E-state index contributed by atoms with van der Waals surface area (Å²) in [6, 6.07) is 3.67. The molecule has 0 N–H and O–H groups in total. The van der Waals surface area contributed by atoms with Gasteiger partial charge < -0.3 is 4.42 Å². The van der Waals surface area contributed by atoms with Gasteiger partial charge >= 0.3 is 0 Å². The largest absolute Gasteiger partial charge is 0.473 e. The van der Waals surface area contributed by atoms with Crippen molar-refractivity contribution in [3.05, 3.63) is 24.7 Å². The van der Waals surface area contributed by atoms with Crippen LogP contribution in [0.2, 0.25) is 0 Å². The van der Waals surface area contributed by atoms with Crippen LogP contribution in [0.1, 0.15) is 21.3 Å². The molecule has 0 spiro atoms. The Morgan fingerprint density at radius 2 is 1.38 bits per heavy atom. The maximum Gasteiger partial charge on any atom is 0.0902 e. The Kier molecular flexibility index (Phi) is 12.3. The highest BCUT2D eigenvalue weighted by Crippen LogP contribution is 1.79. The van der Waals surface area contributed by atoms with Crippen LogP contribution in [0.25, 0.3) is 0 Å². The minimum absolute atomic E-state index is 0. The van der Waals surface area contributed by atoms with Crippen LogP contribution in [0, 0.1) is 0 Å². The number of hydrogen-bond acceptors (Lipinski definition) is 1. The lowest BCUT2D eigenvalue weighted by atomic mass is 10.7. The molecule has 1 heteroatoms. The van der Waals surface area contributed by atoms with Crippen LogP contribution in [0.5, 0.6) is 0 Å². The third kappa shape index (κ3) is 5.28. The van der Waals surface area contributed by atoms with E-state index in [4.69, 9.17) is 0 Å². The van der Waals surface area contributed by atoms with Gasteiger partial charge in [-0.3, -0.25) is 0 Å². The van der Waals surface area contributed by atoms with Gasteiger partial charge in [-0.25, -0.2) is 0 Å². The molecule has 0 atom stereocenters. The van der Waals surface area contributed by atoms with Gasteiger partial charge in [0.25, 0.3) is 0 Å². The fourth-order valence-corrected chi connectivity index (χ4v) is 0.227. The van der Waals surface area contributed by atoms with E-state index in [0.717, 1.165) is 0 Å². The molecule has 0 fully saturated rings. The van der Waals surface area contributed by atoms with Crippen molar-refractivity contribution in [3.63, 3.8) is 0 Å². The molecule has 1 aromatic heterocycles. The molecule has 48 valence electrons. The van der Waals surface area contributed by atoms with Gasteiger partial charge in [0, 0.05) is 0 Å². The predicted molar refractivity (Wildman–Crippen MR) is 36.8 cm³/mol. The molecule has 1 aromatic rings. The summed E-state index contributed by atoms with van der Waals surface area (Å²) in [6.45, 7) is 4.00. The lowest BCUT2D eigenvalue weighted by molar-refractivity contribution is 0.567. The van der Waals surface area contributed by atoms with Gasteiger partial charge in [0.05, 0.1) is 12.5 Å². The van der Waals surface area contributed by atoms with Crippen molar-refractivity contribution in [2.75, 3.05) is 0 Å². The van der Waals surface area contributed by atoms with E-state index < -0.39 is 0 Å². The lowest BCUT2D eigenvalue weighted by Crippen LogP contribution is -1.16. The van der Waals surface area contributed by atoms with E-state index >= 15 is 0 Å². The van der Waals surface area contributed by atoms with E-state index in [0.29, 0.717) is 0 Å². The topological polar surface area (TPSA) is 13.1 Å². The number of hydrogen-bond donors (Lipinski definition) is 0. The van der Waals surface area contributed by atoms with Crippen LogP contribution < -0.4 is 0 Å². The molecule has 0 aromatic carbocycles. The smallest absolute Gasteiger partial charge is 0.0902 e. The van der Waals surface area contributed by atoms with Crippen LogP contribution in [0.15, 0.2) is 29.1 Å². The zero-order valence-corrected chi connectivity index (χ0v) is 4.72. The van der Waals surface area contributed by atoms with Gasteiger partial charge in [0.1, 0.15) is 0 Å². The molecule has 0 saturated heterocycles. The Balaban J connectivity index is 0. The van der Waals surface area contributed by atoms with Crippen LogP contribution in [-0.4, -0.2) is 0 Å². The molecule has 0 radical (unpaired) electrons. The second-order valence-electron chi connectivity index (χ2n) is 0.793. The van der Waals surface area contributed by atoms with Crippen LogP contribution in [-0.2, 0) is 0 Å². The first-order valence-electron chi connectivity index (χ1n) is 2.47. The van der Waals surface area contributed by atoms with E-state index in [2.05, 4.69) is 4.42 Å². The molecule has 0 amide bonds. The Labute approximate surface area is 51.3 Å². The summed E-state index contributed by atoms with van der Waals surface area (Å²) in [5.41, 5.74) is 0. The SMILES string of the molecule is C.CC.c1ccoc1. The molecule has 0 unspecified atom stereocenters. The zero-order chi connectivity index (χ0) is 5.54. The summed E-state index contributed by atoms with van der Waals surface area (Å²) in [4.78, 5) is 0. The summed E-state index contributed by atoms with van der Waals surface area (Å²) >= 11 is 0. The summed E-state index contributed by atoms with van der Waals surface area (Å²) in [5, 5.41) is 0. The average molecular weight is 114 g/mol. The van der Waals surface area contributed by atoms with Crippen LogP contribution in [0.3, 0.4) is 0 Å². The van der Waals surface area contributed by atoms with Crippen molar-refractivity contribution in [2.45, 2.75) is 21.3 Å². The molecule has 1 rings (SSSR count). The minimum atomic E-state index is 0. The third-order valence-corrected chi connectivity index (χ3v) is 0.425. The standard InChI is InChI=1S/C4H4O.C2H6.CH4/c1-2-4-5-3-1;1-2;/h1-4H;1-2H3;1H4. The van der Waals surface area contributed by atoms with E-state index in [1.54, 1.807) is 12.5 Å². The van der Waals surface area contributed by atoms with Crippen molar-refractivity contribution < 1.29 is 4.42 Å². The average Bonchev–Trinajstić information content (AvgIpc) is 2.23. The van der Waals surface area contributed by atoms with E-state index in [1.165, 1.54) is 0 Å². The molecule has 0 aliphatic carbocycles. The first-order chi connectivity index (χ1) is 3.50. The molecule has 0 bridgehead atoms. The Hall–Kier alpha value is -0.720. The van der Waals surface area contributed by atoms with Crippen LogP contribution in [0.4, 0.5) is 0 Å². The van der Waals surface area contributed by atoms with E-state index in [-0.39, 0.29) is 7.43 Å². The van der Waals surface area contributed by atoms with E-state index in [9.17, 15) is 0 Å². The first kappa shape index (κ1) is 10.3. The number of rotatable bonds is 0. The molecular weight excluding hydrogens is 100 g/mol. The Morgan fingerprint density at radius 1 is 1.00 bits per heavy atom. The minimum Gasteiger partial charge on any atom is -0.473 e. The predicted octanol–water partition coefficient (Wildman–Crippen LogP) is 2.94. The molecule has 0 aliphatic heterocycles. The van der Waals surface area contributed by atoms with Crippen molar-refractivity contribution in [2.24, 2.45) is 0 Å². The summed E-state index contributed by atoms with van der Waals surface area (Å²) in [6.07, 6.45) is 3.25. The van der Waals surface area contributed by atoms with Crippen molar-refractivity contribution in [1.29, 1.82) is 0 Å². The van der Waals surface area contributed by atoms with Gasteiger partial charge in [-0.1, -0.05) is 21.3 Å². The Morgan fingerprint density at radius 3 is 1.50 bits per heavy atom. The molecule has 1 heterocycles. The fraction of sp³-hybridized carbons (Fsp3) is 0.429. The second kappa shape index (κ2) is 9.56. The quantitative estimate of drug-likeness (QED) is 0.505. The fourth-order valence-electron chi connectivity index (χ4n) is 0.227. The third-order valence-electron chi connectivity index (χ3n) is 0.425. The summed E-state index contributed by atoms with van der Waals surface area (Å²) in [7, 11) is 0. The van der Waals surface area contributed by atoms with Crippen LogP contribution >= 0.6 is 0 Å². The highest BCUT2D eigenvalue weighted by molar-refractivity contribution is 4.79.